The lowest BCUT2D eigenvalue weighted by Gasteiger charge is -2.10. The van der Waals surface area contributed by atoms with Crippen LogP contribution in [0.15, 0.2) is 49.4 Å². The smallest absolute Gasteiger partial charge is 0.311 e. The van der Waals surface area contributed by atoms with Crippen molar-refractivity contribution >= 4 is 5.97 Å². The summed E-state index contributed by atoms with van der Waals surface area (Å²) in [5, 5.41) is 8.83. The molecule has 0 aliphatic rings. The predicted octanol–water partition coefficient (Wildman–Crippen LogP) is 2.86. The molecular formula is C11H13FO2. The van der Waals surface area contributed by atoms with E-state index in [1.807, 2.05) is 0 Å². The Kier molecular flexibility index (Phi) is 5.22. The van der Waals surface area contributed by atoms with Crippen LogP contribution in [0, 0.1) is 5.92 Å². The summed E-state index contributed by atoms with van der Waals surface area (Å²) in [5.74, 6) is -2.52. The van der Waals surface area contributed by atoms with Crippen molar-refractivity contribution in [2.75, 3.05) is 0 Å². The molecule has 0 aromatic rings. The minimum absolute atomic E-state index is 0.237. The first-order valence-corrected chi connectivity index (χ1v) is 4.05. The largest absolute Gasteiger partial charge is 0.481 e. The molecule has 0 bridgehead atoms. The van der Waals surface area contributed by atoms with E-state index < -0.39 is 17.7 Å². The molecule has 0 spiro atoms. The van der Waals surface area contributed by atoms with Crippen molar-refractivity contribution in [3.05, 3.63) is 49.4 Å². The van der Waals surface area contributed by atoms with E-state index in [9.17, 15) is 9.18 Å². The number of carboxylic acid groups (broad SMARTS) is 1. The number of hydrogen-bond donors (Lipinski definition) is 1. The summed E-state index contributed by atoms with van der Waals surface area (Å²) in [7, 11) is 0. The Hall–Kier alpha value is -1.64. The molecular weight excluding hydrogens is 183 g/mol. The maximum Gasteiger partial charge on any atom is 0.311 e. The van der Waals surface area contributed by atoms with Crippen molar-refractivity contribution in [2.24, 2.45) is 5.92 Å². The van der Waals surface area contributed by atoms with Gasteiger partial charge >= 0.3 is 5.97 Å². The third kappa shape index (κ3) is 3.85. The quantitative estimate of drug-likeness (QED) is 0.524. The van der Waals surface area contributed by atoms with Crippen molar-refractivity contribution in [1.82, 2.24) is 0 Å². The minimum atomic E-state index is -1.03. The molecule has 0 radical (unpaired) electrons. The third-order valence-corrected chi connectivity index (χ3v) is 1.66. The second-order valence-corrected chi connectivity index (χ2v) is 2.71. The zero-order valence-electron chi connectivity index (χ0n) is 7.87. The molecule has 1 N–H and O–H groups in total. The minimum Gasteiger partial charge on any atom is -0.481 e. The molecule has 1 atom stereocenters. The number of halogens is 1. The Morgan fingerprint density at radius 2 is 2.07 bits per heavy atom. The summed E-state index contributed by atoms with van der Waals surface area (Å²) in [6, 6.07) is 0. The van der Waals surface area contributed by atoms with Gasteiger partial charge in [0.15, 0.2) is 0 Å². The lowest BCUT2D eigenvalue weighted by atomic mass is 9.95. The van der Waals surface area contributed by atoms with E-state index in [0.29, 0.717) is 5.57 Å². The molecule has 76 valence electrons. The van der Waals surface area contributed by atoms with Gasteiger partial charge in [-0.25, -0.2) is 4.39 Å². The summed E-state index contributed by atoms with van der Waals surface area (Å²) in [6.45, 7) is 9.90. The van der Waals surface area contributed by atoms with Gasteiger partial charge in [0.1, 0.15) is 5.83 Å². The fraction of sp³-hybridized carbons (Fsp3) is 0.182. The summed E-state index contributed by atoms with van der Waals surface area (Å²) in [6.07, 6.45) is 4.08. The van der Waals surface area contributed by atoms with Crippen molar-refractivity contribution in [2.45, 2.75) is 6.42 Å². The van der Waals surface area contributed by atoms with E-state index in [-0.39, 0.29) is 6.42 Å². The predicted molar refractivity (Wildman–Crippen MR) is 54.5 cm³/mol. The van der Waals surface area contributed by atoms with Gasteiger partial charge in [-0.05, 0) is 18.1 Å². The first-order chi connectivity index (χ1) is 6.52. The van der Waals surface area contributed by atoms with E-state index in [1.165, 1.54) is 12.2 Å². The van der Waals surface area contributed by atoms with Gasteiger partial charge in [-0.3, -0.25) is 4.79 Å². The molecule has 0 aromatic carbocycles. The molecule has 0 saturated heterocycles. The monoisotopic (exact) mass is 196 g/mol. The van der Waals surface area contributed by atoms with Crippen LogP contribution in [0.5, 0.6) is 0 Å². The molecule has 1 unspecified atom stereocenters. The highest BCUT2D eigenvalue weighted by molar-refractivity contribution is 5.75. The van der Waals surface area contributed by atoms with Gasteiger partial charge in [0.25, 0.3) is 0 Å². The van der Waals surface area contributed by atoms with Gasteiger partial charge in [-0.2, -0.15) is 0 Å². The lowest BCUT2D eigenvalue weighted by Crippen LogP contribution is -2.14. The van der Waals surface area contributed by atoms with Crippen LogP contribution in [0.1, 0.15) is 6.42 Å². The highest BCUT2D eigenvalue weighted by Gasteiger charge is 2.18. The molecule has 0 amide bonds. The first kappa shape index (κ1) is 12.4. The van der Waals surface area contributed by atoms with Gasteiger partial charge < -0.3 is 5.11 Å². The molecule has 0 fully saturated rings. The van der Waals surface area contributed by atoms with E-state index >= 15 is 0 Å². The highest BCUT2D eigenvalue weighted by Crippen LogP contribution is 2.19. The van der Waals surface area contributed by atoms with E-state index in [2.05, 4.69) is 19.7 Å². The number of carbonyl (C=O) groups is 1. The number of allylic oxidation sites excluding steroid dienone is 4. The SMILES string of the molecule is C=CCC(C(=O)O)C(C=C)=CC(=C)F. The van der Waals surface area contributed by atoms with Crippen molar-refractivity contribution in [1.29, 1.82) is 0 Å². The molecule has 3 heteroatoms. The van der Waals surface area contributed by atoms with Gasteiger partial charge in [-0.15, -0.1) is 6.58 Å². The zero-order valence-corrected chi connectivity index (χ0v) is 7.87. The number of rotatable bonds is 6. The maximum atomic E-state index is 12.5. The molecule has 0 heterocycles. The van der Waals surface area contributed by atoms with Crippen LogP contribution in [-0.4, -0.2) is 11.1 Å². The average molecular weight is 196 g/mol. The van der Waals surface area contributed by atoms with Crippen LogP contribution < -0.4 is 0 Å². The number of carboxylic acids is 1. The van der Waals surface area contributed by atoms with Crippen LogP contribution in [0.25, 0.3) is 0 Å². The van der Waals surface area contributed by atoms with Crippen LogP contribution in [0.4, 0.5) is 4.39 Å². The average Bonchev–Trinajstić information content (AvgIpc) is 2.10. The van der Waals surface area contributed by atoms with Gasteiger partial charge in [0.2, 0.25) is 0 Å². The number of hydrogen-bond acceptors (Lipinski definition) is 1. The lowest BCUT2D eigenvalue weighted by molar-refractivity contribution is -0.140. The molecule has 0 aliphatic heterocycles. The second kappa shape index (κ2) is 5.91. The van der Waals surface area contributed by atoms with Gasteiger partial charge in [-0.1, -0.05) is 25.3 Å². The molecule has 0 saturated carbocycles. The fourth-order valence-corrected chi connectivity index (χ4v) is 1.03. The Morgan fingerprint density at radius 1 is 1.50 bits per heavy atom. The van der Waals surface area contributed by atoms with E-state index in [0.717, 1.165) is 6.08 Å². The van der Waals surface area contributed by atoms with Crippen LogP contribution >= 0.6 is 0 Å². The normalized spacial score (nSPS) is 13.1. The third-order valence-electron chi connectivity index (χ3n) is 1.66. The van der Waals surface area contributed by atoms with Crippen molar-refractivity contribution in [3.63, 3.8) is 0 Å². The molecule has 2 nitrogen and oxygen atoms in total. The fourth-order valence-electron chi connectivity index (χ4n) is 1.03. The molecule has 0 rings (SSSR count). The van der Waals surface area contributed by atoms with Crippen molar-refractivity contribution in [3.8, 4) is 0 Å². The number of aliphatic carboxylic acids is 1. The Bertz CT molecular complexity index is 290. The Morgan fingerprint density at radius 3 is 2.36 bits per heavy atom. The Labute approximate surface area is 82.8 Å². The van der Waals surface area contributed by atoms with Gasteiger partial charge in [0, 0.05) is 0 Å². The van der Waals surface area contributed by atoms with E-state index in [1.54, 1.807) is 0 Å². The zero-order chi connectivity index (χ0) is 11.1. The standard InChI is InChI=1S/C11H13FO2/c1-4-6-10(11(13)14)9(5-2)7-8(3)12/h4-5,7,10H,1-3,6H2,(H,13,14). The second-order valence-electron chi connectivity index (χ2n) is 2.71. The van der Waals surface area contributed by atoms with Crippen molar-refractivity contribution < 1.29 is 14.3 Å². The summed E-state index contributed by atoms with van der Waals surface area (Å²) < 4.78 is 12.5. The maximum absolute atomic E-state index is 12.5. The van der Waals surface area contributed by atoms with Crippen LogP contribution in [0.3, 0.4) is 0 Å². The highest BCUT2D eigenvalue weighted by atomic mass is 19.1. The molecule has 0 aromatic heterocycles. The van der Waals surface area contributed by atoms with Crippen LogP contribution in [-0.2, 0) is 4.79 Å². The van der Waals surface area contributed by atoms with Crippen LogP contribution in [0.2, 0.25) is 0 Å². The summed E-state index contributed by atoms with van der Waals surface area (Å²) in [4.78, 5) is 10.8. The first-order valence-electron chi connectivity index (χ1n) is 4.05. The van der Waals surface area contributed by atoms with E-state index in [4.69, 9.17) is 5.11 Å². The summed E-state index contributed by atoms with van der Waals surface area (Å²) >= 11 is 0. The topological polar surface area (TPSA) is 37.3 Å². The van der Waals surface area contributed by atoms with Gasteiger partial charge in [0.05, 0.1) is 5.92 Å². The molecule has 0 aliphatic carbocycles. The molecule has 14 heavy (non-hydrogen) atoms. The summed E-state index contributed by atoms with van der Waals surface area (Å²) in [5.41, 5.74) is 0.296. The Balaban J connectivity index is 4.93.